The van der Waals surface area contributed by atoms with Crippen molar-refractivity contribution in [1.82, 2.24) is 0 Å². The number of nitrogens with two attached hydrogens (primary N) is 2. The van der Waals surface area contributed by atoms with Crippen molar-refractivity contribution in [2.24, 2.45) is 11.5 Å². The third-order valence-corrected chi connectivity index (χ3v) is 2.11. The normalized spacial score (nSPS) is 11.2. The molecule has 0 fully saturated rings. The van der Waals surface area contributed by atoms with Crippen LogP contribution in [0.25, 0.3) is 0 Å². The van der Waals surface area contributed by atoms with Gasteiger partial charge in [-0.05, 0) is 17.7 Å². The van der Waals surface area contributed by atoms with Gasteiger partial charge in [-0.15, -0.1) is 0 Å². The molecular weight excluding hydrogens is 260 g/mol. The van der Waals surface area contributed by atoms with E-state index in [9.17, 15) is 9.50 Å². The topological polar surface area (TPSA) is 95.5 Å². The summed E-state index contributed by atoms with van der Waals surface area (Å²) in [6, 6.07) is 6.74. The molecule has 0 bridgehead atoms. The zero-order valence-corrected chi connectivity index (χ0v) is 10.5. The van der Waals surface area contributed by atoms with Crippen LogP contribution < -0.4 is 33.6 Å². The van der Waals surface area contributed by atoms with Gasteiger partial charge < -0.3 is 22.3 Å². The first kappa shape index (κ1) is 16.5. The second kappa shape index (κ2) is 8.54. The van der Waals surface area contributed by atoms with Crippen LogP contribution in [0.3, 0.4) is 0 Å². The van der Waals surface area contributed by atoms with E-state index in [4.69, 9.17) is 16.2 Å². The van der Waals surface area contributed by atoms with Gasteiger partial charge in [-0.2, -0.15) is 0 Å². The van der Waals surface area contributed by atoms with Crippen LogP contribution >= 0.6 is 0 Å². The van der Waals surface area contributed by atoms with Gasteiger partial charge in [-0.1, -0.05) is 12.1 Å². The highest BCUT2D eigenvalue weighted by atomic mass is 35.5. The Balaban J connectivity index is 0.00000289. The number of guanidine groups is 1. The lowest BCUT2D eigenvalue weighted by Crippen LogP contribution is -3.00. The van der Waals surface area contributed by atoms with Gasteiger partial charge in [0.05, 0.1) is 6.54 Å². The molecule has 0 aliphatic carbocycles. The molecule has 0 spiro atoms. The fourth-order valence-electron chi connectivity index (χ4n) is 1.28. The third-order valence-electron chi connectivity index (χ3n) is 2.11. The Morgan fingerprint density at radius 3 is 2.44 bits per heavy atom. The maximum atomic E-state index is 11.9. The zero-order chi connectivity index (χ0) is 12.7. The molecule has 0 aromatic heterocycles. The van der Waals surface area contributed by atoms with Crippen LogP contribution in [-0.2, 0) is 0 Å². The third kappa shape index (κ3) is 5.70. The number of halogens is 2. The van der Waals surface area contributed by atoms with Gasteiger partial charge in [0.2, 0.25) is 0 Å². The van der Waals surface area contributed by atoms with Gasteiger partial charge in [0.1, 0.15) is 25.1 Å². The maximum Gasteiger partial charge on any atom is 0.338 e. The molecule has 0 aliphatic rings. The molecule has 0 amide bonds. The molecular formula is C11H17ClFN3O2. The average Bonchev–Trinajstić information content (AvgIpc) is 2.34. The molecule has 1 aromatic rings. The number of rotatable bonds is 6. The van der Waals surface area contributed by atoms with Gasteiger partial charge in [-0.25, -0.2) is 4.39 Å². The number of benzene rings is 1. The number of alkyl halides is 1. The minimum Gasteiger partial charge on any atom is -1.00 e. The summed E-state index contributed by atoms with van der Waals surface area (Å²) in [5.74, 6) is 0.628. The first-order valence-corrected chi connectivity index (χ1v) is 5.22. The van der Waals surface area contributed by atoms with Gasteiger partial charge in [-0.3, -0.25) is 16.5 Å². The fourth-order valence-corrected chi connectivity index (χ4v) is 1.28. The van der Waals surface area contributed by atoms with E-state index in [0.717, 1.165) is 0 Å². The molecule has 0 aliphatic heterocycles. The highest BCUT2D eigenvalue weighted by Gasteiger charge is 2.07. The number of aliphatic hydroxyl groups excluding tert-OH is 1. The summed E-state index contributed by atoms with van der Waals surface area (Å²) in [7, 11) is 0. The second-order valence-corrected chi connectivity index (χ2v) is 3.46. The van der Waals surface area contributed by atoms with Crippen LogP contribution in [0.1, 0.15) is 11.7 Å². The van der Waals surface area contributed by atoms with Crippen LogP contribution in [-0.4, -0.2) is 30.9 Å². The standard InChI is InChI=1S/C11H16FN3O2.ClH/c12-5-6-17-9-3-1-8(2-4-9)10(16)7-15-11(13)14;/h1-4,10,16H,5-7H2,(H4,13,14,15);1H/i12-1;. The van der Waals surface area contributed by atoms with E-state index in [1.807, 2.05) is 0 Å². The lowest BCUT2D eigenvalue weighted by molar-refractivity contribution is -0.472. The van der Waals surface area contributed by atoms with Gasteiger partial charge in [0.25, 0.3) is 0 Å². The molecule has 1 aromatic carbocycles. The van der Waals surface area contributed by atoms with E-state index < -0.39 is 12.8 Å². The minimum atomic E-state index is -0.715. The highest BCUT2D eigenvalue weighted by molar-refractivity contribution is 5.69. The van der Waals surface area contributed by atoms with Crippen molar-refractivity contribution in [1.29, 1.82) is 0 Å². The fraction of sp³-hybridized carbons (Fsp3) is 0.364. The molecule has 0 heterocycles. The first-order chi connectivity index (χ1) is 8.13. The maximum absolute atomic E-state index is 11.9. The number of ether oxygens (including phenoxy) is 1. The summed E-state index contributed by atoms with van der Waals surface area (Å²) in [6.07, 6.45) is -0.715. The predicted molar refractivity (Wildman–Crippen MR) is 62.1 cm³/mol. The largest absolute Gasteiger partial charge is 1.00 e. The van der Waals surface area contributed by atoms with Crippen LogP contribution in [0.15, 0.2) is 24.3 Å². The highest BCUT2D eigenvalue weighted by Crippen LogP contribution is 2.16. The Kier molecular flexibility index (Phi) is 7.82. The minimum absolute atomic E-state index is 0. The van der Waals surface area contributed by atoms with E-state index >= 15 is 0 Å². The number of hydrogen-bond acceptors (Lipinski definition) is 2. The summed E-state index contributed by atoms with van der Waals surface area (Å²) in [5, 5.41) is 9.75. The Bertz CT molecular complexity index is 369. The van der Waals surface area contributed by atoms with Crippen molar-refractivity contribution in [2.75, 3.05) is 19.8 Å². The number of aliphatic hydroxyl groups is 1. The van der Waals surface area contributed by atoms with E-state index in [0.29, 0.717) is 11.3 Å². The van der Waals surface area contributed by atoms with Gasteiger partial charge in [0.15, 0.2) is 0 Å². The summed E-state index contributed by atoms with van der Waals surface area (Å²) in [6.45, 7) is -0.269. The van der Waals surface area contributed by atoms with Crippen molar-refractivity contribution >= 4 is 5.96 Å². The van der Waals surface area contributed by atoms with Crippen molar-refractivity contribution in [3.63, 3.8) is 0 Å². The van der Waals surface area contributed by atoms with E-state index in [-0.39, 0.29) is 31.5 Å². The molecule has 1 atom stereocenters. The molecule has 18 heavy (non-hydrogen) atoms. The van der Waals surface area contributed by atoms with E-state index in [1.165, 1.54) is 0 Å². The quantitative estimate of drug-likeness (QED) is 0.311. The van der Waals surface area contributed by atoms with Crippen molar-refractivity contribution in [2.45, 2.75) is 6.10 Å². The van der Waals surface area contributed by atoms with Crippen molar-refractivity contribution in [3.8, 4) is 5.75 Å². The summed E-state index contributed by atoms with van der Waals surface area (Å²) in [5.41, 5.74) is 11.1. The second-order valence-electron chi connectivity index (χ2n) is 3.46. The number of hydrogen-bond donors (Lipinski definition) is 4. The van der Waals surface area contributed by atoms with Crippen LogP contribution in [0, 0.1) is 0 Å². The van der Waals surface area contributed by atoms with E-state index in [1.54, 1.807) is 24.3 Å². The smallest absolute Gasteiger partial charge is 0.338 e. The van der Waals surface area contributed by atoms with Gasteiger partial charge in [0, 0.05) is 0 Å². The van der Waals surface area contributed by atoms with Crippen LogP contribution in [0.4, 0.5) is 4.39 Å². The van der Waals surface area contributed by atoms with Gasteiger partial charge >= 0.3 is 5.96 Å². The first-order valence-electron chi connectivity index (χ1n) is 5.22. The van der Waals surface area contributed by atoms with Crippen LogP contribution in [0.2, 0.25) is 0 Å². The van der Waals surface area contributed by atoms with Crippen molar-refractivity contribution < 1.29 is 31.6 Å². The monoisotopic (exact) mass is 276 g/mol. The summed E-state index contributed by atoms with van der Waals surface area (Å²) in [4.78, 5) is 2.63. The predicted octanol–water partition coefficient (Wildman–Crippen LogP) is -4.57. The summed E-state index contributed by atoms with van der Waals surface area (Å²) < 4.78 is 16.9. The van der Waals surface area contributed by atoms with Crippen molar-refractivity contribution in [3.05, 3.63) is 29.8 Å². The molecule has 6 N–H and O–H groups in total. The molecule has 1 unspecified atom stereocenters. The Morgan fingerprint density at radius 1 is 1.33 bits per heavy atom. The lowest BCUT2D eigenvalue weighted by Gasteiger charge is -2.09. The molecule has 0 saturated carbocycles. The molecule has 102 valence electrons. The Labute approximate surface area is 111 Å². The Morgan fingerprint density at radius 2 is 1.94 bits per heavy atom. The van der Waals surface area contributed by atoms with E-state index in [2.05, 4.69) is 4.99 Å². The molecule has 0 radical (unpaired) electrons. The molecule has 7 heteroatoms. The van der Waals surface area contributed by atoms with Crippen LogP contribution in [0.5, 0.6) is 5.75 Å². The summed E-state index contributed by atoms with van der Waals surface area (Å²) >= 11 is 0. The lowest BCUT2D eigenvalue weighted by atomic mass is 10.1. The Hall–Kier alpha value is -1.53. The average molecular weight is 277 g/mol. The zero-order valence-electron chi connectivity index (χ0n) is 9.77. The SMILES string of the molecule is NC(N)=[NH+]CC(O)c1ccc(OCC[18F])cc1.[Cl-]. The number of nitrogens with one attached hydrogen (secondary N) is 1. The molecule has 5 nitrogen and oxygen atoms in total. The molecule has 1 rings (SSSR count). The molecule has 0 saturated heterocycles.